The summed E-state index contributed by atoms with van der Waals surface area (Å²) in [4.78, 5) is 2.00. The zero-order valence-electron chi connectivity index (χ0n) is 6.15. The highest BCUT2D eigenvalue weighted by atomic mass is 15.0. The zero-order chi connectivity index (χ0) is 6.28. The van der Waals surface area contributed by atoms with E-state index in [0.29, 0.717) is 0 Å². The molecule has 0 aromatic rings. The summed E-state index contributed by atoms with van der Waals surface area (Å²) >= 11 is 0. The Balaban J connectivity index is 0. The Labute approximate surface area is 47.3 Å². The fourth-order valence-corrected chi connectivity index (χ4v) is 0. The van der Waals surface area contributed by atoms with Crippen molar-refractivity contribution in [3.8, 4) is 0 Å². The van der Waals surface area contributed by atoms with Gasteiger partial charge in [0.2, 0.25) is 0 Å². The first-order chi connectivity index (χ1) is 3.15. The van der Waals surface area contributed by atoms with Crippen molar-refractivity contribution in [3.63, 3.8) is 0 Å². The van der Waals surface area contributed by atoms with E-state index in [4.69, 9.17) is 0 Å². The molecule has 0 N–H and O–H groups in total. The van der Waals surface area contributed by atoms with E-state index in [9.17, 15) is 0 Å². The van der Waals surface area contributed by atoms with Crippen LogP contribution in [0.1, 0.15) is 20.3 Å². The molecule has 7 heavy (non-hydrogen) atoms. The molecule has 0 aliphatic rings. The lowest BCUT2D eigenvalue weighted by Gasteiger charge is -1.90. The molecule has 0 aliphatic heterocycles. The second-order valence-electron chi connectivity index (χ2n) is 2.05. The molecule has 0 aliphatic carbocycles. The van der Waals surface area contributed by atoms with Crippen LogP contribution in [-0.2, 0) is 0 Å². The predicted octanol–water partition coefficient (Wildman–Crippen LogP) is 1.59. The molecule has 0 saturated heterocycles. The third-order valence-corrected chi connectivity index (χ3v) is 0. The lowest BCUT2D eigenvalue weighted by molar-refractivity contribution is 0.505. The second kappa shape index (κ2) is 9.35. The highest BCUT2D eigenvalue weighted by Gasteiger charge is 1.58. The number of hydrogen-bond acceptors (Lipinski definition) is 1. The maximum absolute atomic E-state index is 2.12. The van der Waals surface area contributed by atoms with Crippen LogP contribution in [0.25, 0.3) is 0 Å². The van der Waals surface area contributed by atoms with E-state index in [-0.39, 0.29) is 0 Å². The first kappa shape index (κ1) is 10.0. The summed E-state index contributed by atoms with van der Waals surface area (Å²) in [6.45, 7) is 4.25. The van der Waals surface area contributed by atoms with Crippen molar-refractivity contribution in [2.24, 2.45) is 0 Å². The van der Waals surface area contributed by atoms with Crippen molar-refractivity contribution in [1.82, 2.24) is 4.90 Å². The molecule has 1 heteroatoms. The van der Waals surface area contributed by atoms with Gasteiger partial charge in [-0.25, -0.2) is 0 Å². The highest BCUT2D eigenvalue weighted by Crippen LogP contribution is 1.56. The van der Waals surface area contributed by atoms with E-state index in [1.807, 2.05) is 26.0 Å². The van der Waals surface area contributed by atoms with Crippen molar-refractivity contribution in [2.75, 3.05) is 21.1 Å². The smallest absolute Gasteiger partial charge is 0.0140 e. The summed E-state index contributed by atoms with van der Waals surface area (Å²) in [6, 6.07) is 0. The third-order valence-electron chi connectivity index (χ3n) is 0. The van der Waals surface area contributed by atoms with E-state index in [1.54, 1.807) is 0 Å². The summed E-state index contributed by atoms with van der Waals surface area (Å²) in [5.41, 5.74) is 0. The summed E-state index contributed by atoms with van der Waals surface area (Å²) < 4.78 is 0. The van der Waals surface area contributed by atoms with E-state index in [2.05, 4.69) is 13.8 Å². The van der Waals surface area contributed by atoms with E-state index in [0.717, 1.165) is 0 Å². The van der Waals surface area contributed by atoms with Crippen LogP contribution in [0.2, 0.25) is 0 Å². The van der Waals surface area contributed by atoms with Crippen molar-refractivity contribution in [2.45, 2.75) is 20.3 Å². The SMILES string of the molecule is CCC.CN(C)C. The van der Waals surface area contributed by atoms with Gasteiger partial charge in [-0.3, -0.25) is 0 Å². The van der Waals surface area contributed by atoms with Gasteiger partial charge in [0.1, 0.15) is 0 Å². The second-order valence-corrected chi connectivity index (χ2v) is 2.05. The average molecular weight is 103 g/mol. The van der Waals surface area contributed by atoms with Crippen molar-refractivity contribution in [3.05, 3.63) is 0 Å². The maximum Gasteiger partial charge on any atom is -0.0140 e. The molecular weight excluding hydrogens is 86.1 g/mol. The minimum Gasteiger partial charge on any atom is -0.312 e. The van der Waals surface area contributed by atoms with Gasteiger partial charge in [-0.1, -0.05) is 20.3 Å². The molecule has 0 aromatic heterocycles. The van der Waals surface area contributed by atoms with Gasteiger partial charge >= 0.3 is 0 Å². The number of nitrogens with zero attached hydrogens (tertiary/aromatic N) is 1. The van der Waals surface area contributed by atoms with Crippen LogP contribution in [0.4, 0.5) is 0 Å². The molecule has 0 radical (unpaired) electrons. The predicted molar refractivity (Wildman–Crippen MR) is 35.6 cm³/mol. The van der Waals surface area contributed by atoms with Crippen LogP contribution >= 0.6 is 0 Å². The molecule has 0 spiro atoms. The fourth-order valence-electron chi connectivity index (χ4n) is 0. The number of hydrogen-bond donors (Lipinski definition) is 0. The van der Waals surface area contributed by atoms with Crippen molar-refractivity contribution < 1.29 is 0 Å². The van der Waals surface area contributed by atoms with Crippen LogP contribution in [0, 0.1) is 0 Å². The summed E-state index contributed by atoms with van der Waals surface area (Å²) in [5.74, 6) is 0. The summed E-state index contributed by atoms with van der Waals surface area (Å²) in [6.07, 6.45) is 1.25. The lowest BCUT2D eigenvalue weighted by atomic mass is 10.6. The molecule has 0 saturated carbocycles. The molecule has 46 valence electrons. The van der Waals surface area contributed by atoms with Gasteiger partial charge in [0.05, 0.1) is 0 Å². The molecule has 0 rings (SSSR count). The maximum atomic E-state index is 2.12. The van der Waals surface area contributed by atoms with Crippen molar-refractivity contribution in [1.29, 1.82) is 0 Å². The minimum atomic E-state index is 1.25. The molecule has 0 fully saturated rings. The first-order valence-corrected chi connectivity index (χ1v) is 2.76. The lowest BCUT2D eigenvalue weighted by Crippen LogP contribution is -1.99. The van der Waals surface area contributed by atoms with E-state index >= 15 is 0 Å². The molecular formula is C6H17N. The monoisotopic (exact) mass is 103 g/mol. The summed E-state index contributed by atoms with van der Waals surface area (Å²) in [5, 5.41) is 0. The third kappa shape index (κ3) is 58400. The molecule has 0 atom stereocenters. The molecule has 0 amide bonds. The standard InChI is InChI=1S/C3H9N.C3H8/c1-4(2)3;1-3-2/h1-3H3;3H2,1-2H3. The summed E-state index contributed by atoms with van der Waals surface area (Å²) in [7, 11) is 6.00. The normalized spacial score (nSPS) is 7.71. The van der Waals surface area contributed by atoms with Crippen LogP contribution in [-0.4, -0.2) is 26.0 Å². The Morgan fingerprint density at radius 1 is 1.00 bits per heavy atom. The van der Waals surface area contributed by atoms with Crippen LogP contribution in [0.5, 0.6) is 0 Å². The van der Waals surface area contributed by atoms with Crippen LogP contribution < -0.4 is 0 Å². The Morgan fingerprint density at radius 2 is 1.00 bits per heavy atom. The van der Waals surface area contributed by atoms with Gasteiger partial charge in [-0.05, 0) is 21.1 Å². The van der Waals surface area contributed by atoms with Gasteiger partial charge in [0.15, 0.2) is 0 Å². The highest BCUT2D eigenvalue weighted by molar-refractivity contribution is 4.09. The quantitative estimate of drug-likeness (QED) is 0.450. The zero-order valence-corrected chi connectivity index (χ0v) is 6.15. The molecule has 1 nitrogen and oxygen atoms in total. The first-order valence-electron chi connectivity index (χ1n) is 2.76. The molecule has 0 bridgehead atoms. The Hall–Kier alpha value is -0.0400. The van der Waals surface area contributed by atoms with E-state index in [1.165, 1.54) is 6.42 Å². The largest absolute Gasteiger partial charge is 0.312 e. The molecule has 0 aromatic carbocycles. The van der Waals surface area contributed by atoms with Gasteiger partial charge in [-0.15, -0.1) is 0 Å². The van der Waals surface area contributed by atoms with Gasteiger partial charge < -0.3 is 4.90 Å². The molecule has 0 unspecified atom stereocenters. The van der Waals surface area contributed by atoms with Gasteiger partial charge in [0.25, 0.3) is 0 Å². The average Bonchev–Trinajstić information content (AvgIpc) is 1.33. The van der Waals surface area contributed by atoms with Gasteiger partial charge in [-0.2, -0.15) is 0 Å². The van der Waals surface area contributed by atoms with Crippen LogP contribution in [0.15, 0.2) is 0 Å². The fraction of sp³-hybridized carbons (Fsp3) is 1.00. The van der Waals surface area contributed by atoms with E-state index < -0.39 is 0 Å². The Bertz CT molecular complexity index is 15.4. The van der Waals surface area contributed by atoms with Crippen LogP contribution in [0.3, 0.4) is 0 Å². The van der Waals surface area contributed by atoms with Gasteiger partial charge in [0, 0.05) is 0 Å². The Morgan fingerprint density at radius 3 is 1.00 bits per heavy atom. The molecule has 0 heterocycles. The number of rotatable bonds is 0. The Kier molecular flexibility index (Phi) is 13.4. The van der Waals surface area contributed by atoms with Crippen molar-refractivity contribution >= 4 is 0 Å². The topological polar surface area (TPSA) is 3.24 Å². The minimum absolute atomic E-state index is 1.25.